The van der Waals surface area contributed by atoms with E-state index in [-0.39, 0.29) is 12.5 Å². The summed E-state index contributed by atoms with van der Waals surface area (Å²) in [6.07, 6.45) is 2.46. The Hall–Kier alpha value is -2.41. The van der Waals surface area contributed by atoms with Crippen molar-refractivity contribution in [2.24, 2.45) is 0 Å². The largest absolute Gasteiger partial charge is 0.444 e. The number of aryl methyl sites for hydroxylation is 1. The predicted octanol–water partition coefficient (Wildman–Crippen LogP) is 2.36. The standard InChI is InChI=1S/C14H14N4O2S/c1-2-9-6-16-12(20-9)7-17-13(19)8-3-4-10-11(5-8)21-14(15)18-10/h3-6H,2,7H2,1H3,(H2,15,18)(H,17,19). The molecule has 0 aliphatic carbocycles. The molecule has 1 amide bonds. The van der Waals surface area contributed by atoms with Crippen LogP contribution in [0.3, 0.4) is 0 Å². The number of oxazole rings is 1. The molecule has 0 spiro atoms. The SMILES string of the molecule is CCc1cnc(CNC(=O)c2ccc3nc(N)sc3c2)o1. The molecule has 1 aromatic carbocycles. The summed E-state index contributed by atoms with van der Waals surface area (Å²) in [6.45, 7) is 2.25. The van der Waals surface area contributed by atoms with E-state index < -0.39 is 0 Å². The molecule has 3 rings (SSSR count). The van der Waals surface area contributed by atoms with Gasteiger partial charge in [-0.05, 0) is 18.2 Å². The lowest BCUT2D eigenvalue weighted by molar-refractivity contribution is 0.0947. The van der Waals surface area contributed by atoms with Crippen LogP contribution < -0.4 is 11.1 Å². The van der Waals surface area contributed by atoms with Crippen LogP contribution in [0.1, 0.15) is 28.9 Å². The number of benzene rings is 1. The highest BCUT2D eigenvalue weighted by molar-refractivity contribution is 7.22. The van der Waals surface area contributed by atoms with Crippen LogP contribution in [0.4, 0.5) is 5.13 Å². The van der Waals surface area contributed by atoms with Gasteiger partial charge in [0.2, 0.25) is 5.89 Å². The fourth-order valence-corrected chi connectivity index (χ4v) is 2.71. The number of amides is 1. The van der Waals surface area contributed by atoms with E-state index in [1.807, 2.05) is 6.92 Å². The third-order valence-electron chi connectivity index (χ3n) is 3.02. The normalized spacial score (nSPS) is 10.9. The molecule has 0 radical (unpaired) electrons. The quantitative estimate of drug-likeness (QED) is 0.771. The Morgan fingerprint density at radius 2 is 2.33 bits per heavy atom. The fourth-order valence-electron chi connectivity index (χ4n) is 1.93. The Balaban J connectivity index is 1.71. The number of fused-ring (bicyclic) bond motifs is 1. The summed E-state index contributed by atoms with van der Waals surface area (Å²) in [4.78, 5) is 20.4. The number of nitrogens with two attached hydrogens (primary N) is 1. The third kappa shape index (κ3) is 2.87. The highest BCUT2D eigenvalue weighted by atomic mass is 32.1. The zero-order valence-electron chi connectivity index (χ0n) is 11.4. The number of hydrogen-bond acceptors (Lipinski definition) is 6. The van der Waals surface area contributed by atoms with Crippen molar-refractivity contribution in [3.63, 3.8) is 0 Å². The van der Waals surface area contributed by atoms with Gasteiger partial charge in [0.05, 0.1) is 23.0 Å². The summed E-state index contributed by atoms with van der Waals surface area (Å²) in [5.74, 6) is 1.13. The van der Waals surface area contributed by atoms with E-state index in [1.165, 1.54) is 11.3 Å². The molecule has 0 aliphatic rings. The van der Waals surface area contributed by atoms with Gasteiger partial charge in [0.15, 0.2) is 5.13 Å². The van der Waals surface area contributed by atoms with Crippen molar-refractivity contribution in [1.82, 2.24) is 15.3 Å². The van der Waals surface area contributed by atoms with E-state index in [2.05, 4.69) is 15.3 Å². The highest BCUT2D eigenvalue weighted by Crippen LogP contribution is 2.24. The topological polar surface area (TPSA) is 94.0 Å². The summed E-state index contributed by atoms with van der Waals surface area (Å²) in [5, 5.41) is 3.28. The van der Waals surface area contributed by atoms with Crippen molar-refractivity contribution in [3.05, 3.63) is 41.6 Å². The predicted molar refractivity (Wildman–Crippen MR) is 81.1 cm³/mol. The number of aromatic nitrogens is 2. The number of anilines is 1. The minimum Gasteiger partial charge on any atom is -0.444 e. The lowest BCUT2D eigenvalue weighted by atomic mass is 10.2. The second kappa shape index (κ2) is 5.53. The number of nitrogens with zero attached hydrogens (tertiary/aromatic N) is 2. The van der Waals surface area contributed by atoms with E-state index in [1.54, 1.807) is 24.4 Å². The molecule has 0 bridgehead atoms. The molecule has 2 aromatic heterocycles. The first kappa shape index (κ1) is 13.6. The molecule has 21 heavy (non-hydrogen) atoms. The number of thiazole rings is 1. The van der Waals surface area contributed by atoms with Gasteiger partial charge in [-0.1, -0.05) is 18.3 Å². The van der Waals surface area contributed by atoms with Crippen LogP contribution in [0, 0.1) is 0 Å². The molecular weight excluding hydrogens is 288 g/mol. The van der Waals surface area contributed by atoms with Crippen molar-refractivity contribution in [2.75, 3.05) is 5.73 Å². The second-order valence-electron chi connectivity index (χ2n) is 4.49. The van der Waals surface area contributed by atoms with E-state index in [4.69, 9.17) is 10.2 Å². The van der Waals surface area contributed by atoms with E-state index in [9.17, 15) is 4.79 Å². The van der Waals surface area contributed by atoms with Crippen LogP contribution in [0.2, 0.25) is 0 Å². The molecule has 0 fully saturated rings. The Morgan fingerprint density at radius 3 is 3.10 bits per heavy atom. The molecule has 7 heteroatoms. The van der Waals surface area contributed by atoms with E-state index in [0.29, 0.717) is 16.6 Å². The van der Waals surface area contributed by atoms with E-state index >= 15 is 0 Å². The zero-order chi connectivity index (χ0) is 14.8. The third-order valence-corrected chi connectivity index (χ3v) is 3.86. The molecule has 0 saturated carbocycles. The number of carbonyl (C=O) groups excluding carboxylic acids is 1. The van der Waals surface area contributed by atoms with Crippen LogP contribution in [0.5, 0.6) is 0 Å². The molecule has 0 unspecified atom stereocenters. The van der Waals surface area contributed by atoms with Crippen molar-refractivity contribution in [1.29, 1.82) is 0 Å². The summed E-state index contributed by atoms with van der Waals surface area (Å²) in [5.41, 5.74) is 7.02. The average Bonchev–Trinajstić information content (AvgIpc) is 3.08. The average molecular weight is 302 g/mol. The molecular formula is C14H14N4O2S. The number of nitrogens with one attached hydrogen (secondary N) is 1. The Morgan fingerprint density at radius 1 is 1.48 bits per heavy atom. The van der Waals surface area contributed by atoms with Gasteiger partial charge in [-0.2, -0.15) is 0 Å². The van der Waals surface area contributed by atoms with Gasteiger partial charge < -0.3 is 15.5 Å². The van der Waals surface area contributed by atoms with Gasteiger partial charge in [0.1, 0.15) is 5.76 Å². The van der Waals surface area contributed by atoms with Crippen LogP contribution in [0.25, 0.3) is 10.2 Å². The molecule has 3 aromatic rings. The molecule has 108 valence electrons. The van der Waals surface area contributed by atoms with Crippen LogP contribution in [-0.2, 0) is 13.0 Å². The highest BCUT2D eigenvalue weighted by Gasteiger charge is 2.10. The van der Waals surface area contributed by atoms with Crippen molar-refractivity contribution in [3.8, 4) is 0 Å². The molecule has 6 nitrogen and oxygen atoms in total. The molecule has 0 atom stereocenters. The van der Waals surface area contributed by atoms with Gasteiger partial charge in [0, 0.05) is 12.0 Å². The lowest BCUT2D eigenvalue weighted by Crippen LogP contribution is -2.22. The van der Waals surface area contributed by atoms with Crippen LogP contribution >= 0.6 is 11.3 Å². The minimum absolute atomic E-state index is 0.180. The van der Waals surface area contributed by atoms with Crippen molar-refractivity contribution in [2.45, 2.75) is 19.9 Å². The summed E-state index contributed by atoms with van der Waals surface area (Å²) >= 11 is 1.36. The first-order valence-corrected chi connectivity index (χ1v) is 7.35. The fraction of sp³-hybridized carbons (Fsp3) is 0.214. The lowest BCUT2D eigenvalue weighted by Gasteiger charge is -2.02. The molecule has 0 aliphatic heterocycles. The van der Waals surface area contributed by atoms with E-state index in [0.717, 1.165) is 22.4 Å². The molecule has 0 saturated heterocycles. The number of nitrogen functional groups attached to an aromatic ring is 1. The number of rotatable bonds is 4. The Bertz CT molecular complexity index is 793. The Kier molecular flexibility index (Phi) is 3.57. The molecule has 2 heterocycles. The van der Waals surface area contributed by atoms with Crippen LogP contribution in [-0.4, -0.2) is 15.9 Å². The maximum atomic E-state index is 12.1. The first-order valence-electron chi connectivity index (χ1n) is 6.53. The van der Waals surface area contributed by atoms with Gasteiger partial charge in [-0.3, -0.25) is 4.79 Å². The van der Waals surface area contributed by atoms with Gasteiger partial charge in [0.25, 0.3) is 5.91 Å². The monoisotopic (exact) mass is 302 g/mol. The maximum Gasteiger partial charge on any atom is 0.251 e. The van der Waals surface area contributed by atoms with Crippen molar-refractivity contribution < 1.29 is 9.21 Å². The maximum absolute atomic E-state index is 12.1. The summed E-state index contributed by atoms with van der Waals surface area (Å²) in [6, 6.07) is 5.30. The number of hydrogen-bond donors (Lipinski definition) is 2. The second-order valence-corrected chi connectivity index (χ2v) is 5.55. The minimum atomic E-state index is -0.180. The summed E-state index contributed by atoms with van der Waals surface area (Å²) < 4.78 is 6.34. The first-order chi connectivity index (χ1) is 10.2. The summed E-state index contributed by atoms with van der Waals surface area (Å²) in [7, 11) is 0. The zero-order valence-corrected chi connectivity index (χ0v) is 12.2. The van der Waals surface area contributed by atoms with Gasteiger partial charge >= 0.3 is 0 Å². The molecule has 3 N–H and O–H groups in total. The Labute approximate surface area is 125 Å². The number of carbonyl (C=O) groups is 1. The van der Waals surface area contributed by atoms with Gasteiger partial charge in [-0.25, -0.2) is 9.97 Å². The van der Waals surface area contributed by atoms with Gasteiger partial charge in [-0.15, -0.1) is 0 Å². The van der Waals surface area contributed by atoms with Crippen LogP contribution in [0.15, 0.2) is 28.8 Å². The smallest absolute Gasteiger partial charge is 0.251 e. The van der Waals surface area contributed by atoms with Crippen molar-refractivity contribution >= 4 is 32.6 Å².